The van der Waals surface area contributed by atoms with Crippen molar-refractivity contribution < 1.29 is 30.5 Å². The van der Waals surface area contributed by atoms with Crippen LogP contribution in [0.15, 0.2) is 56.4 Å². The van der Waals surface area contributed by atoms with E-state index in [4.69, 9.17) is 5.14 Å². The zero-order valence-electron chi connectivity index (χ0n) is 13.1. The average Bonchev–Trinajstić information content (AvgIpc) is 2.99. The number of rotatable bonds is 3. The normalized spacial score (nSPS) is 12.4. The SMILES string of the molecule is NS(=O)(=O)c1ccc(-c2c(-c3ccc(Br)cc3)noc2C(F)(F)F)cc1F. The Labute approximate surface area is 159 Å². The molecule has 1 aromatic heterocycles. The first kappa shape index (κ1) is 19.5. The van der Waals surface area contributed by atoms with Gasteiger partial charge in [-0.1, -0.05) is 39.3 Å². The van der Waals surface area contributed by atoms with Crippen LogP contribution < -0.4 is 5.14 Å². The minimum Gasteiger partial charge on any atom is -0.350 e. The van der Waals surface area contributed by atoms with Crippen molar-refractivity contribution in [3.05, 3.63) is 58.5 Å². The molecule has 142 valence electrons. The third-order valence-electron chi connectivity index (χ3n) is 3.59. The lowest BCUT2D eigenvalue weighted by atomic mass is 9.99. The number of sulfonamides is 1. The second-order valence-corrected chi connectivity index (χ2v) is 7.88. The third kappa shape index (κ3) is 3.89. The van der Waals surface area contributed by atoms with Crippen molar-refractivity contribution >= 4 is 26.0 Å². The predicted octanol–water partition coefficient (Wildman–Crippen LogP) is 4.58. The first-order chi connectivity index (χ1) is 12.5. The van der Waals surface area contributed by atoms with Gasteiger partial charge in [-0.05, 0) is 29.8 Å². The van der Waals surface area contributed by atoms with Gasteiger partial charge in [-0.25, -0.2) is 17.9 Å². The van der Waals surface area contributed by atoms with Gasteiger partial charge >= 0.3 is 6.18 Å². The summed E-state index contributed by atoms with van der Waals surface area (Å²) in [6.07, 6.45) is -4.90. The maximum absolute atomic E-state index is 14.2. The minimum atomic E-state index is -4.90. The average molecular weight is 465 g/mol. The number of aromatic nitrogens is 1. The molecular formula is C16H9BrF4N2O3S. The first-order valence-corrected chi connectivity index (χ1v) is 9.48. The number of nitrogens with two attached hydrogens (primary N) is 1. The molecule has 0 saturated carbocycles. The van der Waals surface area contributed by atoms with Crippen molar-refractivity contribution in [2.24, 2.45) is 5.14 Å². The molecule has 0 saturated heterocycles. The second kappa shape index (κ2) is 6.73. The Hall–Kier alpha value is -2.24. The third-order valence-corrected chi connectivity index (χ3v) is 5.07. The second-order valence-electron chi connectivity index (χ2n) is 5.43. The molecule has 2 aromatic carbocycles. The molecule has 5 nitrogen and oxygen atoms in total. The quantitative estimate of drug-likeness (QED) is 0.574. The molecule has 0 aliphatic rings. The van der Waals surface area contributed by atoms with Gasteiger partial charge in [-0.3, -0.25) is 0 Å². The van der Waals surface area contributed by atoms with Gasteiger partial charge in [0.1, 0.15) is 16.4 Å². The van der Waals surface area contributed by atoms with Gasteiger partial charge in [0.25, 0.3) is 0 Å². The van der Waals surface area contributed by atoms with E-state index < -0.39 is 38.2 Å². The molecule has 0 aliphatic carbocycles. The maximum Gasteiger partial charge on any atom is 0.453 e. The fourth-order valence-corrected chi connectivity index (χ4v) is 3.30. The standard InChI is InChI=1S/C16H9BrF4N2O3S/c17-10-4-1-8(2-5-10)14-13(15(26-23-14)16(19,20)21)9-3-6-12(11(18)7-9)27(22,24)25/h1-7H,(H2,22,24,25). The number of hydrogen-bond acceptors (Lipinski definition) is 4. The van der Waals surface area contributed by atoms with Crippen LogP contribution in [0.25, 0.3) is 22.4 Å². The van der Waals surface area contributed by atoms with E-state index in [-0.39, 0.29) is 11.3 Å². The molecule has 0 aliphatic heterocycles. The zero-order chi connectivity index (χ0) is 20.0. The van der Waals surface area contributed by atoms with Gasteiger partial charge in [0.2, 0.25) is 15.8 Å². The van der Waals surface area contributed by atoms with Crippen LogP contribution >= 0.6 is 15.9 Å². The van der Waals surface area contributed by atoms with Crippen molar-refractivity contribution in [1.82, 2.24) is 5.16 Å². The van der Waals surface area contributed by atoms with Crippen LogP contribution in [-0.2, 0) is 16.2 Å². The molecule has 0 unspecified atom stereocenters. The fourth-order valence-electron chi connectivity index (χ4n) is 2.44. The van der Waals surface area contributed by atoms with E-state index >= 15 is 0 Å². The Bertz CT molecular complexity index is 1110. The summed E-state index contributed by atoms with van der Waals surface area (Å²) in [5.74, 6) is -2.71. The summed E-state index contributed by atoms with van der Waals surface area (Å²) < 4.78 is 82.0. The highest BCUT2D eigenvalue weighted by Crippen LogP contribution is 2.43. The molecular weight excluding hydrogens is 456 g/mol. The highest BCUT2D eigenvalue weighted by molar-refractivity contribution is 9.10. The van der Waals surface area contributed by atoms with Gasteiger partial charge in [-0.2, -0.15) is 13.2 Å². The smallest absolute Gasteiger partial charge is 0.350 e. The highest BCUT2D eigenvalue weighted by atomic mass is 79.9. The molecule has 2 N–H and O–H groups in total. The van der Waals surface area contributed by atoms with Crippen molar-refractivity contribution in [1.29, 1.82) is 0 Å². The van der Waals surface area contributed by atoms with Crippen LogP contribution in [0, 0.1) is 5.82 Å². The molecule has 0 atom stereocenters. The molecule has 1 heterocycles. The summed E-state index contributed by atoms with van der Waals surface area (Å²) >= 11 is 3.21. The lowest BCUT2D eigenvalue weighted by molar-refractivity contribution is -0.154. The highest BCUT2D eigenvalue weighted by Gasteiger charge is 2.41. The van der Waals surface area contributed by atoms with Gasteiger partial charge in [-0.15, -0.1) is 0 Å². The molecule has 0 fully saturated rings. The number of alkyl halides is 3. The van der Waals surface area contributed by atoms with Gasteiger partial charge in [0.15, 0.2) is 0 Å². The monoisotopic (exact) mass is 464 g/mol. The molecule has 0 amide bonds. The van der Waals surface area contributed by atoms with E-state index in [2.05, 4.69) is 25.6 Å². The maximum atomic E-state index is 14.2. The summed E-state index contributed by atoms with van der Waals surface area (Å²) in [7, 11) is -4.37. The minimum absolute atomic E-state index is 0.169. The summed E-state index contributed by atoms with van der Waals surface area (Å²) in [5.41, 5.74) is -0.642. The first-order valence-electron chi connectivity index (χ1n) is 7.14. The summed E-state index contributed by atoms with van der Waals surface area (Å²) in [6, 6.07) is 8.62. The fraction of sp³-hybridized carbons (Fsp3) is 0.0625. The Morgan fingerprint density at radius 1 is 1.04 bits per heavy atom. The van der Waals surface area contributed by atoms with Crippen LogP contribution in [0.4, 0.5) is 17.6 Å². The number of nitrogens with zero attached hydrogens (tertiary/aromatic N) is 1. The Balaban J connectivity index is 2.26. The van der Waals surface area contributed by atoms with E-state index in [1.54, 1.807) is 12.1 Å². The number of hydrogen-bond donors (Lipinski definition) is 1. The molecule has 3 rings (SSSR count). The van der Waals surface area contributed by atoms with E-state index in [0.717, 1.165) is 12.1 Å². The van der Waals surface area contributed by atoms with Crippen LogP contribution in [0.2, 0.25) is 0 Å². The van der Waals surface area contributed by atoms with Crippen molar-refractivity contribution in [2.75, 3.05) is 0 Å². The van der Waals surface area contributed by atoms with Gasteiger partial charge in [0.05, 0.1) is 5.56 Å². The topological polar surface area (TPSA) is 86.2 Å². The van der Waals surface area contributed by atoms with Crippen LogP contribution in [-0.4, -0.2) is 13.6 Å². The Morgan fingerprint density at radius 2 is 1.63 bits per heavy atom. The largest absolute Gasteiger partial charge is 0.453 e. The molecule has 0 radical (unpaired) electrons. The summed E-state index contributed by atoms with van der Waals surface area (Å²) in [5, 5.41) is 8.36. The lowest BCUT2D eigenvalue weighted by Crippen LogP contribution is -2.14. The van der Waals surface area contributed by atoms with E-state index in [1.165, 1.54) is 12.1 Å². The van der Waals surface area contributed by atoms with Crippen molar-refractivity contribution in [2.45, 2.75) is 11.1 Å². The summed E-state index contributed by atoms with van der Waals surface area (Å²) in [4.78, 5) is -0.832. The molecule has 27 heavy (non-hydrogen) atoms. The number of halogens is 5. The van der Waals surface area contributed by atoms with E-state index in [1.807, 2.05) is 0 Å². The van der Waals surface area contributed by atoms with Crippen LogP contribution in [0.3, 0.4) is 0 Å². The van der Waals surface area contributed by atoms with Gasteiger partial charge in [0, 0.05) is 10.0 Å². The van der Waals surface area contributed by atoms with Crippen LogP contribution in [0.5, 0.6) is 0 Å². The predicted molar refractivity (Wildman–Crippen MR) is 91.4 cm³/mol. The molecule has 0 spiro atoms. The summed E-state index contributed by atoms with van der Waals surface area (Å²) in [6.45, 7) is 0. The zero-order valence-corrected chi connectivity index (χ0v) is 15.5. The molecule has 11 heteroatoms. The van der Waals surface area contributed by atoms with Crippen LogP contribution in [0.1, 0.15) is 5.76 Å². The van der Waals surface area contributed by atoms with Crippen molar-refractivity contribution in [3.8, 4) is 22.4 Å². The van der Waals surface area contributed by atoms with Gasteiger partial charge < -0.3 is 4.52 Å². The number of primary sulfonamides is 1. The number of benzene rings is 2. The van der Waals surface area contributed by atoms with Crippen molar-refractivity contribution in [3.63, 3.8) is 0 Å². The molecule has 0 bridgehead atoms. The Morgan fingerprint density at radius 3 is 2.15 bits per heavy atom. The molecule has 3 aromatic rings. The van der Waals surface area contributed by atoms with E-state index in [0.29, 0.717) is 16.1 Å². The Kier molecular flexibility index (Phi) is 4.87. The lowest BCUT2D eigenvalue weighted by Gasteiger charge is -2.09. The van der Waals surface area contributed by atoms with E-state index in [9.17, 15) is 26.0 Å².